The van der Waals surface area contributed by atoms with Crippen LogP contribution in [0.1, 0.15) is 0 Å². The van der Waals surface area contributed by atoms with E-state index in [1.807, 2.05) is 0 Å². The second-order valence-corrected chi connectivity index (χ2v) is 5.08. The zero-order chi connectivity index (χ0) is 14.3. The van der Waals surface area contributed by atoms with E-state index in [1.54, 1.807) is 19.1 Å². The van der Waals surface area contributed by atoms with E-state index in [1.165, 1.54) is 16.7 Å². The molecule has 1 saturated heterocycles. The predicted octanol–water partition coefficient (Wildman–Crippen LogP) is 0.161. The largest absolute Gasteiger partial charge is 0.480 e. The lowest BCUT2D eigenvalue weighted by Gasteiger charge is -2.29. The van der Waals surface area contributed by atoms with Crippen molar-refractivity contribution >= 4 is 23.8 Å². The molecule has 0 aromatic carbocycles. The van der Waals surface area contributed by atoms with Crippen LogP contribution in [-0.2, 0) is 14.3 Å². The lowest BCUT2D eigenvalue weighted by Crippen LogP contribution is -2.50. The van der Waals surface area contributed by atoms with Crippen molar-refractivity contribution in [2.45, 2.75) is 6.04 Å². The highest BCUT2D eigenvalue weighted by Crippen LogP contribution is 2.22. The molecule has 2 amide bonds. The van der Waals surface area contributed by atoms with E-state index in [4.69, 9.17) is 14.6 Å². The highest BCUT2D eigenvalue weighted by atomic mass is 32.2. The number of carboxylic acid groups (broad SMARTS) is 1. The summed E-state index contributed by atoms with van der Waals surface area (Å²) in [5, 5.41) is 9.09. The Bertz CT molecular complexity index is 307. The van der Waals surface area contributed by atoms with Crippen LogP contribution in [0.25, 0.3) is 0 Å². The first-order chi connectivity index (χ1) is 9.11. The van der Waals surface area contributed by atoms with Crippen molar-refractivity contribution in [2.75, 3.05) is 52.2 Å². The molecule has 0 bridgehead atoms. The van der Waals surface area contributed by atoms with E-state index >= 15 is 0 Å². The third kappa shape index (κ3) is 4.55. The zero-order valence-corrected chi connectivity index (χ0v) is 12.0. The van der Waals surface area contributed by atoms with E-state index in [9.17, 15) is 9.59 Å². The van der Waals surface area contributed by atoms with Gasteiger partial charge in [-0.05, 0) is 0 Å². The van der Waals surface area contributed by atoms with E-state index in [-0.39, 0.29) is 6.03 Å². The molecule has 0 aromatic heterocycles. The quantitative estimate of drug-likeness (QED) is 0.720. The molecule has 0 unspecified atom stereocenters. The third-order valence-electron chi connectivity index (χ3n) is 2.81. The van der Waals surface area contributed by atoms with Crippen molar-refractivity contribution in [3.05, 3.63) is 0 Å². The van der Waals surface area contributed by atoms with Crippen LogP contribution in [0.5, 0.6) is 0 Å². The SMILES string of the molecule is COCCN(CCOC)C(=O)N1CSC[C@H]1C(=O)O. The van der Waals surface area contributed by atoms with Gasteiger partial charge in [0.1, 0.15) is 6.04 Å². The molecule has 1 rings (SSSR count). The molecule has 1 aliphatic rings. The topological polar surface area (TPSA) is 79.3 Å². The molecule has 1 heterocycles. The molecule has 19 heavy (non-hydrogen) atoms. The summed E-state index contributed by atoms with van der Waals surface area (Å²) in [6.07, 6.45) is 0. The van der Waals surface area contributed by atoms with Crippen LogP contribution >= 0.6 is 11.8 Å². The van der Waals surface area contributed by atoms with Crippen LogP contribution in [0.15, 0.2) is 0 Å². The smallest absolute Gasteiger partial charge is 0.327 e. The molecule has 1 aliphatic heterocycles. The number of aliphatic carboxylic acids is 1. The standard InChI is InChI=1S/C11H20N2O5S/c1-17-5-3-12(4-6-18-2)11(16)13-8-19-7-9(13)10(14)15/h9H,3-8H2,1-2H3,(H,14,15)/t9-/m0/s1. The van der Waals surface area contributed by atoms with Crippen LogP contribution in [0.3, 0.4) is 0 Å². The Labute approximate surface area is 116 Å². The number of rotatable bonds is 7. The number of methoxy groups -OCH3 is 2. The molecule has 0 spiro atoms. The molecule has 0 aromatic rings. The number of carbonyl (C=O) groups is 2. The van der Waals surface area contributed by atoms with Gasteiger partial charge in [0, 0.05) is 33.1 Å². The number of urea groups is 1. The molecule has 0 aliphatic carbocycles. The first-order valence-electron chi connectivity index (χ1n) is 5.95. The molecule has 1 fully saturated rings. The summed E-state index contributed by atoms with van der Waals surface area (Å²) in [6.45, 7) is 1.67. The number of thioether (sulfide) groups is 1. The number of amides is 2. The Balaban J connectivity index is 2.65. The van der Waals surface area contributed by atoms with Crippen LogP contribution in [0.2, 0.25) is 0 Å². The van der Waals surface area contributed by atoms with E-state index in [2.05, 4.69) is 0 Å². The average molecular weight is 292 g/mol. The van der Waals surface area contributed by atoms with Gasteiger partial charge in [-0.15, -0.1) is 11.8 Å². The Morgan fingerprint density at radius 2 is 1.89 bits per heavy atom. The minimum absolute atomic E-state index is 0.272. The Morgan fingerprint density at radius 1 is 1.32 bits per heavy atom. The van der Waals surface area contributed by atoms with Gasteiger partial charge in [0.2, 0.25) is 0 Å². The third-order valence-corrected chi connectivity index (χ3v) is 3.83. The second-order valence-electron chi connectivity index (χ2n) is 4.08. The van der Waals surface area contributed by atoms with Gasteiger partial charge in [0.05, 0.1) is 19.1 Å². The van der Waals surface area contributed by atoms with Crippen LogP contribution in [-0.4, -0.2) is 85.1 Å². The molecular weight excluding hydrogens is 272 g/mol. The van der Waals surface area contributed by atoms with Crippen molar-refractivity contribution < 1.29 is 24.2 Å². The average Bonchev–Trinajstić information content (AvgIpc) is 2.87. The molecule has 0 radical (unpaired) electrons. The normalized spacial score (nSPS) is 18.6. The molecule has 8 heteroatoms. The Kier molecular flexibility index (Phi) is 6.96. The summed E-state index contributed by atoms with van der Waals surface area (Å²) in [4.78, 5) is 26.4. The Hall–Kier alpha value is -0.990. The molecule has 0 saturated carbocycles. The van der Waals surface area contributed by atoms with Crippen molar-refractivity contribution in [2.24, 2.45) is 0 Å². The first-order valence-corrected chi connectivity index (χ1v) is 7.11. The summed E-state index contributed by atoms with van der Waals surface area (Å²) < 4.78 is 9.93. The summed E-state index contributed by atoms with van der Waals surface area (Å²) in [5.74, 6) is -0.118. The van der Waals surface area contributed by atoms with Gasteiger partial charge >= 0.3 is 12.0 Å². The number of ether oxygens (including phenoxy) is 2. The molecule has 1 atom stereocenters. The van der Waals surface area contributed by atoms with Gasteiger partial charge < -0.3 is 24.4 Å². The van der Waals surface area contributed by atoms with Gasteiger partial charge in [-0.3, -0.25) is 0 Å². The fourth-order valence-electron chi connectivity index (χ4n) is 1.72. The molecule has 7 nitrogen and oxygen atoms in total. The summed E-state index contributed by atoms with van der Waals surface area (Å²) in [7, 11) is 3.12. The lowest BCUT2D eigenvalue weighted by atomic mass is 10.3. The fourth-order valence-corrected chi connectivity index (χ4v) is 2.86. The number of carboxylic acids is 1. The van der Waals surface area contributed by atoms with Gasteiger partial charge in [-0.25, -0.2) is 9.59 Å². The van der Waals surface area contributed by atoms with Crippen LogP contribution in [0, 0.1) is 0 Å². The van der Waals surface area contributed by atoms with E-state index < -0.39 is 12.0 Å². The van der Waals surface area contributed by atoms with Crippen molar-refractivity contribution in [3.8, 4) is 0 Å². The van der Waals surface area contributed by atoms with Crippen molar-refractivity contribution in [1.82, 2.24) is 9.80 Å². The van der Waals surface area contributed by atoms with Crippen LogP contribution < -0.4 is 0 Å². The number of carbonyl (C=O) groups excluding carboxylic acids is 1. The zero-order valence-electron chi connectivity index (χ0n) is 11.2. The molecule has 1 N–H and O–H groups in total. The van der Waals surface area contributed by atoms with Gasteiger partial charge in [-0.2, -0.15) is 0 Å². The monoisotopic (exact) mass is 292 g/mol. The van der Waals surface area contributed by atoms with Crippen molar-refractivity contribution in [1.29, 1.82) is 0 Å². The first kappa shape index (κ1) is 16.1. The summed E-state index contributed by atoms with van der Waals surface area (Å²) >= 11 is 1.45. The van der Waals surface area contributed by atoms with Gasteiger partial charge in [0.25, 0.3) is 0 Å². The number of hydrogen-bond acceptors (Lipinski definition) is 5. The van der Waals surface area contributed by atoms with E-state index in [0.29, 0.717) is 37.9 Å². The molecular formula is C11H20N2O5S. The highest BCUT2D eigenvalue weighted by molar-refractivity contribution is 7.99. The van der Waals surface area contributed by atoms with Gasteiger partial charge in [0.15, 0.2) is 0 Å². The minimum atomic E-state index is -0.961. The summed E-state index contributed by atoms with van der Waals surface area (Å²) in [6, 6.07) is -1.02. The van der Waals surface area contributed by atoms with Gasteiger partial charge in [-0.1, -0.05) is 0 Å². The minimum Gasteiger partial charge on any atom is -0.480 e. The van der Waals surface area contributed by atoms with E-state index in [0.717, 1.165) is 0 Å². The maximum absolute atomic E-state index is 12.3. The number of hydrogen-bond donors (Lipinski definition) is 1. The predicted molar refractivity (Wildman–Crippen MR) is 71.3 cm³/mol. The molecule has 110 valence electrons. The maximum atomic E-state index is 12.3. The lowest BCUT2D eigenvalue weighted by molar-refractivity contribution is -0.140. The Morgan fingerprint density at radius 3 is 2.37 bits per heavy atom. The van der Waals surface area contributed by atoms with Crippen LogP contribution in [0.4, 0.5) is 4.79 Å². The summed E-state index contributed by atoms with van der Waals surface area (Å²) in [5.41, 5.74) is 0. The highest BCUT2D eigenvalue weighted by Gasteiger charge is 2.36. The maximum Gasteiger partial charge on any atom is 0.327 e. The number of nitrogens with zero attached hydrogens (tertiary/aromatic N) is 2. The second kappa shape index (κ2) is 8.23. The fraction of sp³-hybridized carbons (Fsp3) is 0.818. The van der Waals surface area contributed by atoms with Crippen molar-refractivity contribution in [3.63, 3.8) is 0 Å².